The van der Waals surface area contributed by atoms with Crippen LogP contribution in [0.4, 0.5) is 11.6 Å². The second-order valence-corrected chi connectivity index (χ2v) is 4.96. The van der Waals surface area contributed by atoms with Crippen LogP contribution in [0.15, 0.2) is 6.07 Å². The number of aromatic nitrogens is 2. The maximum Gasteiger partial charge on any atom is 0.210 e. The number of hydrogen-bond donors (Lipinski definition) is 3. The van der Waals surface area contributed by atoms with Crippen molar-refractivity contribution in [1.82, 2.24) is 9.97 Å². The summed E-state index contributed by atoms with van der Waals surface area (Å²) in [7, 11) is -1.70. The zero-order valence-corrected chi connectivity index (χ0v) is 10.0. The molecule has 0 aliphatic carbocycles. The lowest BCUT2D eigenvalue weighted by atomic mass is 10.5. The van der Waals surface area contributed by atoms with E-state index in [1.165, 1.54) is 0 Å². The number of nitrogens with zero attached hydrogens (tertiary/aromatic N) is 2. The molecule has 0 aliphatic heterocycles. The molecule has 1 heterocycles. The SMILES string of the molecule is CNc1cc(NCCS(N)(=O)=O)nc(C)n1. The molecule has 1 rings (SSSR count). The third-order valence-corrected chi connectivity index (χ3v) is 2.56. The van der Waals surface area contributed by atoms with Crippen LogP contribution in [0.1, 0.15) is 5.82 Å². The summed E-state index contributed by atoms with van der Waals surface area (Å²) in [5, 5.41) is 10.6. The average Bonchev–Trinajstić information content (AvgIpc) is 2.14. The van der Waals surface area contributed by atoms with Crippen LogP contribution in [0.25, 0.3) is 0 Å². The van der Waals surface area contributed by atoms with Crippen LogP contribution in [-0.2, 0) is 10.0 Å². The van der Waals surface area contributed by atoms with E-state index in [4.69, 9.17) is 5.14 Å². The monoisotopic (exact) mass is 245 g/mol. The normalized spacial score (nSPS) is 11.2. The molecule has 0 aromatic carbocycles. The Kier molecular flexibility index (Phi) is 4.02. The number of primary sulfonamides is 1. The summed E-state index contributed by atoms with van der Waals surface area (Å²) >= 11 is 0. The molecule has 90 valence electrons. The maximum absolute atomic E-state index is 10.7. The van der Waals surface area contributed by atoms with E-state index in [1.54, 1.807) is 20.0 Å². The lowest BCUT2D eigenvalue weighted by molar-refractivity contribution is 0.598. The molecule has 0 bridgehead atoms. The number of anilines is 2. The fourth-order valence-corrected chi connectivity index (χ4v) is 1.49. The quantitative estimate of drug-likeness (QED) is 0.646. The highest BCUT2D eigenvalue weighted by Crippen LogP contribution is 2.09. The summed E-state index contributed by atoms with van der Waals surface area (Å²) in [6, 6.07) is 1.69. The Balaban J connectivity index is 2.63. The summed E-state index contributed by atoms with van der Waals surface area (Å²) in [6.45, 7) is 1.98. The van der Waals surface area contributed by atoms with Gasteiger partial charge in [-0.2, -0.15) is 0 Å². The van der Waals surface area contributed by atoms with E-state index in [9.17, 15) is 8.42 Å². The number of nitrogens with two attached hydrogens (primary N) is 1. The van der Waals surface area contributed by atoms with Crippen LogP contribution in [0.5, 0.6) is 0 Å². The van der Waals surface area contributed by atoms with Crippen LogP contribution >= 0.6 is 0 Å². The summed E-state index contributed by atoms with van der Waals surface area (Å²) in [5.74, 6) is 1.71. The van der Waals surface area contributed by atoms with Crippen LogP contribution in [0.2, 0.25) is 0 Å². The molecule has 1 aromatic heterocycles. The minimum absolute atomic E-state index is 0.134. The van der Waals surface area contributed by atoms with Gasteiger partial charge in [-0.1, -0.05) is 0 Å². The molecule has 4 N–H and O–H groups in total. The van der Waals surface area contributed by atoms with Crippen molar-refractivity contribution in [3.63, 3.8) is 0 Å². The van der Waals surface area contributed by atoms with Crippen molar-refractivity contribution in [3.05, 3.63) is 11.9 Å². The van der Waals surface area contributed by atoms with Gasteiger partial charge in [-0.3, -0.25) is 0 Å². The molecule has 0 saturated heterocycles. The Morgan fingerprint density at radius 2 is 2.00 bits per heavy atom. The zero-order chi connectivity index (χ0) is 12.2. The molecular weight excluding hydrogens is 230 g/mol. The smallest absolute Gasteiger partial charge is 0.210 e. The molecule has 0 radical (unpaired) electrons. The molecular formula is C8H15N5O2S. The van der Waals surface area contributed by atoms with Gasteiger partial charge in [-0.15, -0.1) is 0 Å². The number of nitrogens with one attached hydrogen (secondary N) is 2. The molecule has 0 unspecified atom stereocenters. The Morgan fingerprint density at radius 3 is 2.56 bits per heavy atom. The van der Waals surface area contributed by atoms with Gasteiger partial charge in [0.25, 0.3) is 0 Å². The van der Waals surface area contributed by atoms with Gasteiger partial charge in [0.2, 0.25) is 10.0 Å². The second kappa shape index (κ2) is 5.08. The lowest BCUT2D eigenvalue weighted by Crippen LogP contribution is -2.22. The number of rotatable bonds is 5. The van der Waals surface area contributed by atoms with Crippen molar-refractivity contribution in [1.29, 1.82) is 0 Å². The fraction of sp³-hybridized carbons (Fsp3) is 0.500. The summed E-state index contributed by atoms with van der Waals surface area (Å²) < 4.78 is 21.4. The Hall–Kier alpha value is -1.41. The third-order valence-electron chi connectivity index (χ3n) is 1.79. The van der Waals surface area contributed by atoms with Gasteiger partial charge in [-0.25, -0.2) is 23.5 Å². The van der Waals surface area contributed by atoms with E-state index in [-0.39, 0.29) is 12.3 Å². The lowest BCUT2D eigenvalue weighted by Gasteiger charge is -2.07. The highest BCUT2D eigenvalue weighted by molar-refractivity contribution is 7.89. The second-order valence-electron chi connectivity index (χ2n) is 3.23. The first kappa shape index (κ1) is 12.7. The first-order valence-corrected chi connectivity index (χ1v) is 6.40. The highest BCUT2D eigenvalue weighted by Gasteiger charge is 2.03. The number of sulfonamides is 1. The first-order valence-electron chi connectivity index (χ1n) is 4.68. The third kappa shape index (κ3) is 4.41. The van der Waals surface area contributed by atoms with Crippen LogP contribution in [-0.4, -0.2) is 37.7 Å². The van der Waals surface area contributed by atoms with Crippen molar-refractivity contribution in [2.75, 3.05) is 30.0 Å². The van der Waals surface area contributed by atoms with Gasteiger partial charge in [0.15, 0.2) is 0 Å². The largest absolute Gasteiger partial charge is 0.373 e. The van der Waals surface area contributed by atoms with Crippen molar-refractivity contribution in [2.24, 2.45) is 5.14 Å². The van der Waals surface area contributed by atoms with Crippen LogP contribution < -0.4 is 15.8 Å². The van der Waals surface area contributed by atoms with Crippen molar-refractivity contribution in [3.8, 4) is 0 Å². The predicted octanol–water partition coefficient (Wildman–Crippen LogP) is -0.473. The van der Waals surface area contributed by atoms with Crippen LogP contribution in [0.3, 0.4) is 0 Å². The maximum atomic E-state index is 10.7. The Labute approximate surface area is 94.5 Å². The standard InChI is InChI=1S/C8H15N5O2S/c1-6-12-7(10-2)5-8(13-6)11-3-4-16(9,14)15/h5H,3-4H2,1-2H3,(H2,9,14,15)(H2,10,11,12,13). The van der Waals surface area contributed by atoms with E-state index in [1.807, 2.05) is 0 Å². The molecule has 0 amide bonds. The highest BCUT2D eigenvalue weighted by atomic mass is 32.2. The fourth-order valence-electron chi connectivity index (χ4n) is 1.11. The van der Waals surface area contributed by atoms with Gasteiger partial charge < -0.3 is 10.6 Å². The van der Waals surface area contributed by atoms with Crippen molar-refractivity contribution < 1.29 is 8.42 Å². The molecule has 8 heteroatoms. The molecule has 1 aromatic rings. The molecule has 0 aliphatic rings. The first-order chi connectivity index (χ1) is 7.40. The van der Waals surface area contributed by atoms with Crippen molar-refractivity contribution >= 4 is 21.7 Å². The Morgan fingerprint density at radius 1 is 1.38 bits per heavy atom. The minimum atomic E-state index is -3.44. The molecule has 0 fully saturated rings. The van der Waals surface area contributed by atoms with Gasteiger partial charge >= 0.3 is 0 Å². The summed E-state index contributed by atoms with van der Waals surface area (Å²) in [5.41, 5.74) is 0. The summed E-state index contributed by atoms with van der Waals surface area (Å²) in [4.78, 5) is 8.21. The Bertz CT molecular complexity index is 459. The molecule has 0 atom stereocenters. The number of hydrogen-bond acceptors (Lipinski definition) is 6. The summed E-state index contributed by atoms with van der Waals surface area (Å²) in [6.07, 6.45) is 0. The van der Waals surface area contributed by atoms with Gasteiger partial charge in [0.05, 0.1) is 5.75 Å². The molecule has 0 spiro atoms. The van der Waals surface area contributed by atoms with Gasteiger partial charge in [0.1, 0.15) is 17.5 Å². The van der Waals surface area contributed by atoms with Gasteiger partial charge in [-0.05, 0) is 6.92 Å². The van der Waals surface area contributed by atoms with E-state index < -0.39 is 10.0 Å². The molecule has 7 nitrogen and oxygen atoms in total. The van der Waals surface area contributed by atoms with Crippen molar-refractivity contribution in [2.45, 2.75) is 6.92 Å². The molecule has 0 saturated carbocycles. The minimum Gasteiger partial charge on any atom is -0.373 e. The zero-order valence-electron chi connectivity index (χ0n) is 9.19. The average molecular weight is 245 g/mol. The van der Waals surface area contributed by atoms with E-state index in [0.717, 1.165) is 0 Å². The van der Waals surface area contributed by atoms with Crippen LogP contribution in [0, 0.1) is 6.92 Å². The molecule has 16 heavy (non-hydrogen) atoms. The topological polar surface area (TPSA) is 110 Å². The van der Waals surface area contributed by atoms with E-state index in [2.05, 4.69) is 20.6 Å². The van der Waals surface area contributed by atoms with E-state index in [0.29, 0.717) is 17.5 Å². The van der Waals surface area contributed by atoms with Gasteiger partial charge in [0, 0.05) is 19.7 Å². The number of aryl methyl sites for hydroxylation is 1. The predicted molar refractivity (Wildman–Crippen MR) is 62.8 cm³/mol. The van der Waals surface area contributed by atoms with E-state index >= 15 is 0 Å².